The van der Waals surface area contributed by atoms with Gasteiger partial charge in [0.25, 0.3) is 0 Å². The molecule has 1 saturated carbocycles. The van der Waals surface area contributed by atoms with Gasteiger partial charge >= 0.3 is 5.97 Å². The number of aromatic nitrogens is 1. The van der Waals surface area contributed by atoms with Crippen LogP contribution in [0.25, 0.3) is 27.6 Å². The molecule has 0 unspecified atom stereocenters. The fourth-order valence-corrected chi connectivity index (χ4v) is 8.39. The summed E-state index contributed by atoms with van der Waals surface area (Å²) in [5.74, 6) is 0.924. The summed E-state index contributed by atoms with van der Waals surface area (Å²) < 4.78 is 1.45. The highest BCUT2D eigenvalue weighted by Crippen LogP contribution is 2.51. The molecule has 0 saturated heterocycles. The number of pyridine rings is 1. The summed E-state index contributed by atoms with van der Waals surface area (Å²) in [4.78, 5) is 16.4. The Labute approximate surface area is 259 Å². The predicted molar refractivity (Wildman–Crippen MR) is 175 cm³/mol. The lowest BCUT2D eigenvalue weighted by Gasteiger charge is -2.29. The van der Waals surface area contributed by atoms with Crippen LogP contribution in [0.2, 0.25) is 9.36 Å². The van der Waals surface area contributed by atoms with E-state index in [4.69, 9.17) is 28.2 Å². The monoisotopic (exact) mass is 625 g/mol. The summed E-state index contributed by atoms with van der Waals surface area (Å²) in [6.45, 7) is 7.74. The number of benzene rings is 2. The van der Waals surface area contributed by atoms with E-state index in [2.05, 4.69) is 18.7 Å². The average Bonchev–Trinajstić information content (AvgIpc) is 3.63. The van der Waals surface area contributed by atoms with Crippen LogP contribution in [0.4, 0.5) is 0 Å². The third kappa shape index (κ3) is 6.52. The Balaban J connectivity index is 1.59. The van der Waals surface area contributed by atoms with Crippen LogP contribution in [0.1, 0.15) is 67.7 Å². The van der Waals surface area contributed by atoms with E-state index in [0.717, 1.165) is 69.0 Å². The first-order chi connectivity index (χ1) is 19.5. The molecule has 0 amide bonds. The first kappa shape index (κ1) is 30.1. The van der Waals surface area contributed by atoms with Crippen molar-refractivity contribution in [2.45, 2.75) is 51.0 Å². The molecule has 0 spiro atoms. The van der Waals surface area contributed by atoms with Gasteiger partial charge in [-0.05, 0) is 84.4 Å². The van der Waals surface area contributed by atoms with Gasteiger partial charge in [-0.3, -0.25) is 4.79 Å². The predicted octanol–water partition coefficient (Wildman–Crippen LogP) is 9.65. The molecule has 4 aromatic rings. The molecule has 1 aliphatic rings. The number of fused-ring (bicyclic) bond motifs is 1. The molecule has 0 radical (unpaired) electrons. The third-order valence-electron chi connectivity index (χ3n) is 7.86. The number of hydrogen-bond donors (Lipinski definition) is 2. The summed E-state index contributed by atoms with van der Waals surface area (Å²) in [7, 11) is 0. The van der Waals surface area contributed by atoms with Crippen molar-refractivity contribution in [2.24, 2.45) is 5.41 Å². The van der Waals surface area contributed by atoms with Gasteiger partial charge in [0.1, 0.15) is 9.85 Å². The maximum Gasteiger partial charge on any atom is 0.303 e. The van der Waals surface area contributed by atoms with Gasteiger partial charge in [0, 0.05) is 11.5 Å². The van der Waals surface area contributed by atoms with E-state index >= 15 is 0 Å². The third-order valence-corrected chi connectivity index (χ3v) is 11.1. The highest BCUT2D eigenvalue weighted by atomic mass is 35.5. The van der Waals surface area contributed by atoms with Crippen molar-refractivity contribution in [1.82, 2.24) is 4.98 Å². The zero-order chi connectivity index (χ0) is 29.4. The van der Waals surface area contributed by atoms with Crippen molar-refractivity contribution < 1.29 is 15.0 Å². The number of carboxylic acid groups (broad SMARTS) is 1. The van der Waals surface area contributed by atoms with Crippen molar-refractivity contribution in [1.29, 1.82) is 0 Å². The van der Waals surface area contributed by atoms with Gasteiger partial charge in [0.05, 0.1) is 27.4 Å². The van der Waals surface area contributed by atoms with Crippen LogP contribution in [-0.2, 0) is 10.4 Å². The Morgan fingerprint density at radius 1 is 1.15 bits per heavy atom. The van der Waals surface area contributed by atoms with Gasteiger partial charge in [0.2, 0.25) is 0 Å². The van der Waals surface area contributed by atoms with E-state index in [1.807, 2.05) is 74.1 Å². The number of rotatable bonds is 12. The lowest BCUT2D eigenvalue weighted by Crippen LogP contribution is -2.20. The SMILES string of the molecule is C=Cc1cccc([C@@H](CCSCC2(CC(=O)O)CC2)c2ccccc2C(C)(C)O)c1-c1ccc2sc(Cl)c(Cl)c2n1. The van der Waals surface area contributed by atoms with Crippen molar-refractivity contribution in [2.75, 3.05) is 11.5 Å². The fourth-order valence-electron chi connectivity index (χ4n) is 5.60. The van der Waals surface area contributed by atoms with Crippen LogP contribution in [0.15, 0.2) is 61.2 Å². The van der Waals surface area contributed by atoms with Crippen LogP contribution in [-0.4, -0.2) is 32.7 Å². The summed E-state index contributed by atoms with van der Waals surface area (Å²) in [6.07, 6.45) is 4.85. The van der Waals surface area contributed by atoms with Crippen LogP contribution in [0, 0.1) is 5.41 Å². The average molecular weight is 627 g/mol. The molecule has 8 heteroatoms. The number of aliphatic hydroxyl groups is 1. The van der Waals surface area contributed by atoms with E-state index in [0.29, 0.717) is 14.9 Å². The van der Waals surface area contributed by atoms with E-state index in [1.165, 1.54) is 11.3 Å². The molecule has 0 bridgehead atoms. The molecule has 1 fully saturated rings. The molecule has 2 aromatic carbocycles. The number of aliphatic carboxylic acids is 1. The van der Waals surface area contributed by atoms with Crippen molar-refractivity contribution in [3.63, 3.8) is 0 Å². The zero-order valence-electron chi connectivity index (χ0n) is 23.1. The van der Waals surface area contributed by atoms with Crippen LogP contribution in [0.3, 0.4) is 0 Å². The summed E-state index contributed by atoms with van der Waals surface area (Å²) in [5, 5.41) is 21.0. The molecule has 2 heterocycles. The molecule has 0 aliphatic heterocycles. The van der Waals surface area contributed by atoms with Gasteiger partial charge in [-0.25, -0.2) is 4.98 Å². The topological polar surface area (TPSA) is 70.4 Å². The van der Waals surface area contributed by atoms with Gasteiger partial charge in [-0.15, -0.1) is 11.3 Å². The lowest BCUT2D eigenvalue weighted by atomic mass is 9.79. The number of carboxylic acids is 1. The Hall–Kier alpha value is -2.35. The summed E-state index contributed by atoms with van der Waals surface area (Å²) >= 11 is 16.1. The molecular formula is C33H33Cl2NO3S2. The number of thiophene rings is 1. The first-order valence-electron chi connectivity index (χ1n) is 13.6. The zero-order valence-corrected chi connectivity index (χ0v) is 26.3. The maximum absolute atomic E-state index is 11.4. The molecule has 214 valence electrons. The normalized spacial score (nSPS) is 15.1. The van der Waals surface area contributed by atoms with E-state index in [9.17, 15) is 15.0 Å². The summed E-state index contributed by atoms with van der Waals surface area (Å²) in [5.41, 5.74) is 5.35. The Morgan fingerprint density at radius 2 is 1.88 bits per heavy atom. The van der Waals surface area contributed by atoms with Gasteiger partial charge in [0.15, 0.2) is 0 Å². The summed E-state index contributed by atoms with van der Waals surface area (Å²) in [6, 6.07) is 18.3. The number of carbonyl (C=O) groups is 1. The van der Waals surface area contributed by atoms with Crippen LogP contribution >= 0.6 is 46.3 Å². The van der Waals surface area contributed by atoms with Crippen molar-refractivity contribution in [3.05, 3.63) is 92.8 Å². The van der Waals surface area contributed by atoms with E-state index < -0.39 is 11.6 Å². The van der Waals surface area contributed by atoms with Gasteiger partial charge in [-0.2, -0.15) is 11.8 Å². The minimum atomic E-state index is -1.03. The molecule has 1 aliphatic carbocycles. The van der Waals surface area contributed by atoms with Gasteiger partial charge < -0.3 is 10.2 Å². The molecular weight excluding hydrogens is 593 g/mol. The highest BCUT2D eigenvalue weighted by molar-refractivity contribution is 7.99. The first-order valence-corrected chi connectivity index (χ1v) is 16.4. The molecule has 4 nitrogen and oxygen atoms in total. The molecule has 41 heavy (non-hydrogen) atoms. The Bertz CT molecular complexity index is 1600. The minimum Gasteiger partial charge on any atom is -0.481 e. The quantitative estimate of drug-likeness (QED) is 0.153. The smallest absolute Gasteiger partial charge is 0.303 e. The number of thioether (sulfide) groups is 1. The Morgan fingerprint density at radius 3 is 2.56 bits per heavy atom. The molecule has 2 N–H and O–H groups in total. The second-order valence-electron chi connectivity index (χ2n) is 11.4. The lowest BCUT2D eigenvalue weighted by molar-refractivity contribution is -0.138. The van der Waals surface area contributed by atoms with Crippen LogP contribution < -0.4 is 0 Å². The number of nitrogens with zero attached hydrogens (tertiary/aromatic N) is 1. The second kappa shape index (κ2) is 12.1. The minimum absolute atomic E-state index is 0.0475. The van der Waals surface area contributed by atoms with Crippen molar-refractivity contribution >= 4 is 68.6 Å². The standard InChI is InChI=1S/C33H33Cl2NO3S2/c1-4-20-8-7-10-23(28(20)25-12-13-26-30(36-25)29(34)31(35)41-26)21(22-9-5-6-11-24(22)32(2,3)39)14-17-40-19-33(15-16-33)18-27(37)38/h4-13,21,39H,1,14-19H2,2-3H3,(H,37,38)/t21-/m0/s1. The number of hydrogen-bond acceptors (Lipinski definition) is 5. The molecule has 2 aromatic heterocycles. The fraction of sp³-hybridized carbons (Fsp3) is 0.333. The maximum atomic E-state index is 11.4. The van der Waals surface area contributed by atoms with Crippen molar-refractivity contribution in [3.8, 4) is 11.3 Å². The largest absolute Gasteiger partial charge is 0.481 e. The highest BCUT2D eigenvalue weighted by Gasteiger charge is 2.44. The van der Waals surface area contributed by atoms with Gasteiger partial charge in [-0.1, -0.05) is 78.3 Å². The van der Waals surface area contributed by atoms with E-state index in [-0.39, 0.29) is 17.8 Å². The molecule has 1 atom stereocenters. The van der Waals surface area contributed by atoms with Crippen LogP contribution in [0.5, 0.6) is 0 Å². The molecule has 5 rings (SSSR count). The Kier molecular flexibility index (Phi) is 8.89. The number of halogens is 2. The second-order valence-corrected chi connectivity index (χ2v) is 14.5. The van der Waals surface area contributed by atoms with E-state index in [1.54, 1.807) is 0 Å².